The number of amides is 2. The van der Waals surface area contributed by atoms with Gasteiger partial charge >= 0.3 is 0 Å². The van der Waals surface area contributed by atoms with Crippen LogP contribution in [-0.4, -0.2) is 46.0 Å². The van der Waals surface area contributed by atoms with Gasteiger partial charge in [0.25, 0.3) is 11.8 Å². The highest BCUT2D eigenvalue weighted by Gasteiger charge is 2.32. The first-order valence-electron chi connectivity index (χ1n) is 8.61. The Kier molecular flexibility index (Phi) is 4.29. The van der Waals surface area contributed by atoms with Crippen molar-refractivity contribution < 1.29 is 14.1 Å². The molecule has 1 fully saturated rings. The SMILES string of the molecule is Cc1nc(C(=O)NC2CCc3onc(C(=O)N4CCCC4)c3C2)cs1. The molecule has 8 heteroatoms. The third-order valence-electron chi connectivity index (χ3n) is 4.82. The molecule has 3 heterocycles. The van der Waals surface area contributed by atoms with Crippen molar-refractivity contribution in [3.05, 3.63) is 33.1 Å². The standard InChI is InChI=1S/C17H20N4O3S/c1-10-18-13(9-25-10)16(22)19-11-4-5-14-12(8-11)15(20-24-14)17(23)21-6-2-3-7-21/h9,11H,2-8H2,1H3,(H,19,22). The lowest BCUT2D eigenvalue weighted by Gasteiger charge is -2.22. The second-order valence-electron chi connectivity index (χ2n) is 6.60. The van der Waals surface area contributed by atoms with Crippen LogP contribution >= 0.6 is 11.3 Å². The molecule has 1 unspecified atom stereocenters. The molecule has 2 aromatic rings. The van der Waals surface area contributed by atoms with Gasteiger partial charge in [0.05, 0.1) is 5.01 Å². The molecule has 0 radical (unpaired) electrons. The summed E-state index contributed by atoms with van der Waals surface area (Å²) < 4.78 is 5.39. The van der Waals surface area contributed by atoms with Gasteiger partial charge in [0.15, 0.2) is 5.69 Å². The fourth-order valence-electron chi connectivity index (χ4n) is 3.49. The van der Waals surface area contributed by atoms with Crippen LogP contribution in [0.15, 0.2) is 9.90 Å². The van der Waals surface area contributed by atoms with Crippen LogP contribution < -0.4 is 5.32 Å². The average molecular weight is 360 g/mol. The molecule has 1 aliphatic carbocycles. The van der Waals surface area contributed by atoms with Crippen LogP contribution in [0.3, 0.4) is 0 Å². The minimum atomic E-state index is -0.165. The highest BCUT2D eigenvalue weighted by atomic mass is 32.1. The molecular weight excluding hydrogens is 340 g/mol. The lowest BCUT2D eigenvalue weighted by atomic mass is 9.91. The number of rotatable bonds is 3. The van der Waals surface area contributed by atoms with Gasteiger partial charge in [-0.25, -0.2) is 4.98 Å². The maximum atomic E-state index is 12.6. The van der Waals surface area contributed by atoms with Crippen LogP contribution in [0.25, 0.3) is 0 Å². The summed E-state index contributed by atoms with van der Waals surface area (Å²) >= 11 is 1.46. The predicted molar refractivity (Wildman–Crippen MR) is 91.8 cm³/mol. The summed E-state index contributed by atoms with van der Waals surface area (Å²) in [5.74, 6) is 0.559. The second-order valence-corrected chi connectivity index (χ2v) is 7.66. The quantitative estimate of drug-likeness (QED) is 0.904. The number of aryl methyl sites for hydroxylation is 2. The summed E-state index contributed by atoms with van der Waals surface area (Å²) in [7, 11) is 0. The van der Waals surface area contributed by atoms with Crippen molar-refractivity contribution in [2.45, 2.75) is 45.1 Å². The number of nitrogens with zero attached hydrogens (tertiary/aromatic N) is 3. The van der Waals surface area contributed by atoms with E-state index in [0.29, 0.717) is 24.2 Å². The van der Waals surface area contributed by atoms with Crippen molar-refractivity contribution in [1.82, 2.24) is 20.4 Å². The number of fused-ring (bicyclic) bond motifs is 1. The zero-order valence-corrected chi connectivity index (χ0v) is 14.9. The van der Waals surface area contributed by atoms with Crippen LogP contribution in [0.2, 0.25) is 0 Å². The molecule has 0 saturated carbocycles. The van der Waals surface area contributed by atoms with Crippen LogP contribution in [0, 0.1) is 6.92 Å². The van der Waals surface area contributed by atoms with Crippen LogP contribution in [0.1, 0.15) is 56.6 Å². The van der Waals surface area contributed by atoms with Crippen LogP contribution in [0.4, 0.5) is 0 Å². The van der Waals surface area contributed by atoms with Crippen molar-refractivity contribution in [2.24, 2.45) is 0 Å². The van der Waals surface area contributed by atoms with E-state index in [1.54, 1.807) is 5.38 Å². The summed E-state index contributed by atoms with van der Waals surface area (Å²) in [4.78, 5) is 31.0. The van der Waals surface area contributed by atoms with Gasteiger partial charge in [0.1, 0.15) is 11.5 Å². The van der Waals surface area contributed by atoms with Crippen molar-refractivity contribution in [3.63, 3.8) is 0 Å². The smallest absolute Gasteiger partial charge is 0.276 e. The Labute approximate surface area is 149 Å². The van der Waals surface area contributed by atoms with Crippen molar-refractivity contribution in [3.8, 4) is 0 Å². The molecule has 0 aromatic carbocycles. The van der Waals surface area contributed by atoms with Crippen LogP contribution in [0.5, 0.6) is 0 Å². The van der Waals surface area contributed by atoms with Crippen LogP contribution in [-0.2, 0) is 12.8 Å². The van der Waals surface area contributed by atoms with E-state index in [-0.39, 0.29) is 17.9 Å². The van der Waals surface area contributed by atoms with E-state index in [4.69, 9.17) is 4.52 Å². The van der Waals surface area contributed by atoms with Gasteiger partial charge in [-0.05, 0) is 32.6 Å². The molecule has 0 spiro atoms. The minimum absolute atomic E-state index is 0.0356. The summed E-state index contributed by atoms with van der Waals surface area (Å²) in [6.07, 6.45) is 4.10. The Hall–Kier alpha value is -2.22. The van der Waals surface area contributed by atoms with E-state index < -0.39 is 0 Å². The molecule has 1 atom stereocenters. The first-order chi connectivity index (χ1) is 12.1. The largest absolute Gasteiger partial charge is 0.360 e. The summed E-state index contributed by atoms with van der Waals surface area (Å²) in [6, 6.07) is -0.0356. The normalized spacial score (nSPS) is 19.7. The first-order valence-corrected chi connectivity index (χ1v) is 9.49. The molecule has 2 aliphatic rings. The van der Waals surface area contributed by atoms with Gasteiger partial charge in [-0.1, -0.05) is 5.16 Å². The third-order valence-corrected chi connectivity index (χ3v) is 5.60. The molecule has 1 saturated heterocycles. The molecule has 2 amide bonds. The molecule has 4 rings (SSSR count). The Bertz CT molecular complexity index is 807. The van der Waals surface area contributed by atoms with E-state index >= 15 is 0 Å². The fraction of sp³-hybridized carbons (Fsp3) is 0.529. The second kappa shape index (κ2) is 6.59. The van der Waals surface area contributed by atoms with Crippen molar-refractivity contribution in [1.29, 1.82) is 0 Å². The summed E-state index contributed by atoms with van der Waals surface area (Å²) in [5.41, 5.74) is 1.72. The lowest BCUT2D eigenvalue weighted by molar-refractivity contribution is 0.0781. The Morgan fingerprint density at radius 3 is 2.88 bits per heavy atom. The number of thiazole rings is 1. The van der Waals surface area contributed by atoms with E-state index in [1.807, 2.05) is 11.8 Å². The third kappa shape index (κ3) is 3.18. The average Bonchev–Trinajstić information content (AvgIpc) is 3.34. The number of hydrogen-bond acceptors (Lipinski definition) is 6. The summed E-state index contributed by atoms with van der Waals surface area (Å²) in [5, 5.41) is 9.69. The van der Waals surface area contributed by atoms with E-state index in [1.165, 1.54) is 11.3 Å². The highest BCUT2D eigenvalue weighted by Crippen LogP contribution is 2.26. The number of carbonyl (C=O) groups is 2. The zero-order chi connectivity index (χ0) is 17.4. The number of hydrogen-bond donors (Lipinski definition) is 1. The van der Waals surface area contributed by atoms with Crippen molar-refractivity contribution >= 4 is 23.2 Å². The molecular formula is C17H20N4O3S. The Balaban J connectivity index is 1.47. The van der Waals surface area contributed by atoms with Gasteiger partial charge in [-0.15, -0.1) is 11.3 Å². The molecule has 2 aromatic heterocycles. The van der Waals surface area contributed by atoms with E-state index in [0.717, 1.165) is 48.7 Å². The minimum Gasteiger partial charge on any atom is -0.360 e. The van der Waals surface area contributed by atoms with Gasteiger partial charge in [0, 0.05) is 36.5 Å². The molecule has 7 nitrogen and oxygen atoms in total. The van der Waals surface area contributed by atoms with E-state index in [9.17, 15) is 9.59 Å². The number of likely N-dealkylation sites (tertiary alicyclic amines) is 1. The molecule has 132 valence electrons. The number of aromatic nitrogens is 2. The van der Waals surface area contributed by atoms with Crippen molar-refractivity contribution in [2.75, 3.05) is 13.1 Å². The molecule has 1 N–H and O–H groups in total. The highest BCUT2D eigenvalue weighted by molar-refractivity contribution is 7.09. The van der Waals surface area contributed by atoms with Gasteiger partial charge in [-0.3, -0.25) is 9.59 Å². The Morgan fingerprint density at radius 2 is 2.16 bits per heavy atom. The molecule has 0 bridgehead atoms. The van der Waals surface area contributed by atoms with Gasteiger partial charge in [-0.2, -0.15) is 0 Å². The monoisotopic (exact) mass is 360 g/mol. The molecule has 1 aliphatic heterocycles. The fourth-order valence-corrected chi connectivity index (χ4v) is 4.09. The zero-order valence-electron chi connectivity index (χ0n) is 14.1. The first kappa shape index (κ1) is 16.3. The van der Waals surface area contributed by atoms with Gasteiger partial charge < -0.3 is 14.7 Å². The predicted octanol–water partition coefficient (Wildman–Crippen LogP) is 1.96. The number of nitrogens with one attached hydrogen (secondary N) is 1. The topological polar surface area (TPSA) is 88.3 Å². The van der Waals surface area contributed by atoms with E-state index in [2.05, 4.69) is 15.5 Å². The lowest BCUT2D eigenvalue weighted by Crippen LogP contribution is -2.39. The number of carbonyl (C=O) groups excluding carboxylic acids is 2. The molecule has 25 heavy (non-hydrogen) atoms. The maximum Gasteiger partial charge on any atom is 0.276 e. The maximum absolute atomic E-state index is 12.6. The Morgan fingerprint density at radius 1 is 1.36 bits per heavy atom. The van der Waals surface area contributed by atoms with Gasteiger partial charge in [0.2, 0.25) is 0 Å². The summed E-state index contributed by atoms with van der Waals surface area (Å²) in [6.45, 7) is 3.44.